The summed E-state index contributed by atoms with van der Waals surface area (Å²) in [5.41, 5.74) is 8.15. The average Bonchev–Trinajstić information content (AvgIpc) is 3.25. The number of carbonyl (C=O) groups excluding carboxylic acids is 1. The summed E-state index contributed by atoms with van der Waals surface area (Å²) in [6.45, 7) is 8.11. The van der Waals surface area contributed by atoms with Crippen LogP contribution in [0, 0.1) is 24.1 Å². The molecular weight excluding hydrogens is 449 g/mol. The number of benzene rings is 1. The number of H-pyrrole nitrogens is 1. The number of piperazine rings is 1. The molecule has 1 unspecified atom stereocenters. The summed E-state index contributed by atoms with van der Waals surface area (Å²) in [4.78, 5) is 28.4. The Kier molecular flexibility index (Phi) is 6.91. The number of nitriles is 1. The molecule has 0 spiro atoms. The summed E-state index contributed by atoms with van der Waals surface area (Å²) in [7, 11) is 1.99. The molecule has 0 saturated carbocycles. The van der Waals surface area contributed by atoms with Crippen molar-refractivity contribution in [2.24, 2.45) is 5.73 Å². The van der Waals surface area contributed by atoms with Gasteiger partial charge in [0.2, 0.25) is 5.88 Å². The summed E-state index contributed by atoms with van der Waals surface area (Å²) in [5.74, 6) is -1.09. The third-order valence-corrected chi connectivity index (χ3v) is 5.96. The van der Waals surface area contributed by atoms with Crippen LogP contribution in [-0.2, 0) is 4.79 Å². The van der Waals surface area contributed by atoms with Gasteiger partial charge in [0, 0.05) is 48.3 Å². The zero-order chi connectivity index (χ0) is 25.1. The molecule has 35 heavy (non-hydrogen) atoms. The normalized spacial score (nSPS) is 15.6. The summed E-state index contributed by atoms with van der Waals surface area (Å²) >= 11 is 0. The number of hydrogen-bond donors (Lipinski definition) is 2. The van der Waals surface area contributed by atoms with E-state index in [-0.39, 0.29) is 34.4 Å². The molecule has 4 rings (SSSR count). The number of aromatic amines is 1. The van der Waals surface area contributed by atoms with Crippen LogP contribution in [0.25, 0.3) is 10.9 Å². The zero-order valence-corrected chi connectivity index (χ0v) is 19.6. The van der Waals surface area contributed by atoms with Crippen LogP contribution in [0.5, 0.6) is 11.6 Å². The van der Waals surface area contributed by atoms with Crippen molar-refractivity contribution < 1.29 is 13.9 Å². The molecule has 3 heterocycles. The van der Waals surface area contributed by atoms with Gasteiger partial charge in [-0.25, -0.2) is 14.4 Å². The minimum absolute atomic E-state index is 0.0779. The van der Waals surface area contributed by atoms with E-state index in [0.29, 0.717) is 24.0 Å². The van der Waals surface area contributed by atoms with Gasteiger partial charge in [-0.2, -0.15) is 5.26 Å². The van der Waals surface area contributed by atoms with E-state index in [0.717, 1.165) is 18.8 Å². The van der Waals surface area contributed by atoms with Crippen molar-refractivity contribution >= 4 is 16.8 Å². The molecule has 1 aliphatic heterocycles. The van der Waals surface area contributed by atoms with Gasteiger partial charge in [-0.05, 0) is 32.2 Å². The van der Waals surface area contributed by atoms with Crippen LogP contribution in [0.4, 0.5) is 4.39 Å². The van der Waals surface area contributed by atoms with Crippen molar-refractivity contribution in [1.29, 1.82) is 5.26 Å². The van der Waals surface area contributed by atoms with Crippen molar-refractivity contribution in [2.45, 2.75) is 13.0 Å². The Morgan fingerprint density at radius 3 is 2.77 bits per heavy atom. The number of allylic oxidation sites excluding steroid dienone is 2. The molecule has 0 radical (unpaired) electrons. The Bertz CT molecular complexity index is 1350. The lowest BCUT2D eigenvalue weighted by molar-refractivity contribution is -0.129. The molecular formula is C25H26FN7O2. The van der Waals surface area contributed by atoms with Gasteiger partial charge in [0.1, 0.15) is 18.0 Å². The summed E-state index contributed by atoms with van der Waals surface area (Å²) in [6, 6.07) is 5.76. The van der Waals surface area contributed by atoms with Crippen molar-refractivity contribution in [3.8, 4) is 17.7 Å². The molecule has 1 aromatic carbocycles. The number of hydrogen-bond acceptors (Lipinski definition) is 7. The van der Waals surface area contributed by atoms with E-state index in [1.54, 1.807) is 17.0 Å². The van der Waals surface area contributed by atoms with E-state index < -0.39 is 11.9 Å². The molecule has 1 saturated heterocycles. The van der Waals surface area contributed by atoms with Gasteiger partial charge < -0.3 is 25.3 Å². The van der Waals surface area contributed by atoms with E-state index in [2.05, 4.69) is 26.4 Å². The predicted molar refractivity (Wildman–Crippen MR) is 129 cm³/mol. The summed E-state index contributed by atoms with van der Waals surface area (Å²) in [6.07, 6.45) is 4.17. The maximum atomic E-state index is 15.1. The fourth-order valence-corrected chi connectivity index (χ4v) is 4.05. The zero-order valence-electron chi connectivity index (χ0n) is 19.6. The number of halogens is 1. The molecule has 180 valence electrons. The quantitative estimate of drug-likeness (QED) is 0.415. The van der Waals surface area contributed by atoms with Gasteiger partial charge in [0.05, 0.1) is 11.7 Å². The van der Waals surface area contributed by atoms with E-state index in [1.165, 1.54) is 24.5 Å². The van der Waals surface area contributed by atoms with Crippen LogP contribution < -0.4 is 10.5 Å². The maximum absolute atomic E-state index is 15.1. The lowest BCUT2D eigenvalue weighted by atomic mass is 9.99. The number of nitrogens with zero attached hydrogens (tertiary/aromatic N) is 5. The van der Waals surface area contributed by atoms with Gasteiger partial charge in [-0.3, -0.25) is 4.79 Å². The molecule has 1 amide bonds. The van der Waals surface area contributed by atoms with E-state index in [1.807, 2.05) is 20.0 Å². The van der Waals surface area contributed by atoms with E-state index >= 15 is 4.39 Å². The highest BCUT2D eigenvalue weighted by molar-refractivity contribution is 5.95. The van der Waals surface area contributed by atoms with Crippen molar-refractivity contribution in [2.75, 3.05) is 33.2 Å². The largest absolute Gasteiger partial charge is 0.434 e. The van der Waals surface area contributed by atoms with Crippen molar-refractivity contribution in [3.05, 3.63) is 71.6 Å². The number of amides is 1. The number of nitrogens with one attached hydrogen (secondary N) is 1. The maximum Gasteiger partial charge on any atom is 0.251 e. The molecule has 0 aliphatic carbocycles. The minimum Gasteiger partial charge on any atom is -0.434 e. The number of ether oxygens (including phenoxy) is 1. The second-order valence-electron chi connectivity index (χ2n) is 8.38. The summed E-state index contributed by atoms with van der Waals surface area (Å²) < 4.78 is 20.8. The molecule has 1 fully saturated rings. The number of likely N-dealkylation sites (N-methyl/N-ethyl adjacent to an activating group) is 1. The van der Waals surface area contributed by atoms with Gasteiger partial charge in [-0.15, -0.1) is 0 Å². The van der Waals surface area contributed by atoms with Crippen LogP contribution >= 0.6 is 0 Å². The number of aromatic nitrogens is 3. The van der Waals surface area contributed by atoms with Crippen LogP contribution in [0.2, 0.25) is 0 Å². The number of fused-ring (bicyclic) bond motifs is 1. The number of nitrogens with two attached hydrogens (primary N) is 1. The second-order valence-corrected chi connectivity index (χ2v) is 8.38. The van der Waals surface area contributed by atoms with Crippen LogP contribution in [0.3, 0.4) is 0 Å². The van der Waals surface area contributed by atoms with E-state index in [4.69, 9.17) is 10.5 Å². The summed E-state index contributed by atoms with van der Waals surface area (Å²) in [5, 5.41) is 10.3. The minimum atomic E-state index is -1.04. The first-order chi connectivity index (χ1) is 16.8. The lowest BCUT2D eigenvalue weighted by Crippen LogP contribution is -2.48. The Hall–Kier alpha value is -4.07. The smallest absolute Gasteiger partial charge is 0.251 e. The second kappa shape index (κ2) is 10.0. The Morgan fingerprint density at radius 2 is 2.09 bits per heavy atom. The highest BCUT2D eigenvalue weighted by Gasteiger charge is 2.29. The molecule has 1 aliphatic rings. The number of carbonyl (C=O) groups is 1. The average molecular weight is 476 g/mol. The standard InChI is InChI=1S/C25H26FN7O2/c1-4-5-16(25(34)33-10-8-32(3)9-11-33)22(28)23-18(13-27)24(30-14-29-23)35-20-7-6-19-17(21(20)26)12-15(2)31-19/h4-7,12,14,22,31H,1,8-11,28H2,2-3H3/b16-5+. The Labute approximate surface area is 202 Å². The van der Waals surface area contributed by atoms with E-state index in [9.17, 15) is 10.1 Å². The third-order valence-electron chi connectivity index (χ3n) is 5.96. The molecule has 1 atom stereocenters. The molecule has 9 nitrogen and oxygen atoms in total. The van der Waals surface area contributed by atoms with Crippen LogP contribution in [0.15, 0.2) is 48.8 Å². The molecule has 0 bridgehead atoms. The molecule has 2 aromatic heterocycles. The van der Waals surface area contributed by atoms with Gasteiger partial charge in [0.15, 0.2) is 11.6 Å². The van der Waals surface area contributed by atoms with Crippen LogP contribution in [0.1, 0.15) is 23.0 Å². The highest BCUT2D eigenvalue weighted by Crippen LogP contribution is 2.33. The third kappa shape index (κ3) is 4.77. The Morgan fingerprint density at radius 1 is 1.34 bits per heavy atom. The van der Waals surface area contributed by atoms with Gasteiger partial charge in [-0.1, -0.05) is 18.7 Å². The predicted octanol–water partition coefficient (Wildman–Crippen LogP) is 2.96. The van der Waals surface area contributed by atoms with Crippen LogP contribution in [-0.4, -0.2) is 63.9 Å². The first kappa shape index (κ1) is 24.1. The fourth-order valence-electron chi connectivity index (χ4n) is 4.05. The molecule has 10 heteroatoms. The Balaban J connectivity index is 1.67. The molecule has 3 aromatic rings. The highest BCUT2D eigenvalue weighted by atomic mass is 19.1. The van der Waals surface area contributed by atoms with Crippen molar-refractivity contribution in [3.63, 3.8) is 0 Å². The fraction of sp³-hybridized carbons (Fsp3) is 0.280. The lowest BCUT2D eigenvalue weighted by Gasteiger charge is -2.33. The first-order valence-electron chi connectivity index (χ1n) is 11.1. The topological polar surface area (TPSA) is 124 Å². The number of rotatable bonds is 6. The van der Waals surface area contributed by atoms with Crippen molar-refractivity contribution in [1.82, 2.24) is 24.8 Å². The van der Waals surface area contributed by atoms with Gasteiger partial charge in [0.25, 0.3) is 5.91 Å². The van der Waals surface area contributed by atoms with Gasteiger partial charge >= 0.3 is 0 Å². The molecule has 3 N–H and O–H groups in total. The monoisotopic (exact) mass is 475 g/mol. The number of aryl methyl sites for hydroxylation is 1. The SMILES string of the molecule is C=C/C=C(/C(=O)N1CCN(C)CC1)C(N)c1ncnc(Oc2ccc3[nH]c(C)cc3c2F)c1C#N. The first-order valence-corrected chi connectivity index (χ1v) is 11.1.